The number of sulfone groups is 1. The lowest BCUT2D eigenvalue weighted by Gasteiger charge is -2.34. The number of rotatable bonds is 8. The number of carbonyl (C=O) groups is 1. The van der Waals surface area contributed by atoms with E-state index in [1.165, 1.54) is 24.8 Å². The molecule has 6 heteroatoms. The van der Waals surface area contributed by atoms with E-state index >= 15 is 0 Å². The van der Waals surface area contributed by atoms with Crippen molar-refractivity contribution in [2.45, 2.75) is 45.2 Å². The van der Waals surface area contributed by atoms with Crippen LogP contribution >= 0.6 is 0 Å². The van der Waals surface area contributed by atoms with Crippen LogP contribution in [0.2, 0.25) is 0 Å². The maximum Gasteiger partial charge on any atom is 0.237 e. The summed E-state index contributed by atoms with van der Waals surface area (Å²) < 4.78 is 23.6. The molecule has 1 heterocycles. The van der Waals surface area contributed by atoms with Gasteiger partial charge < -0.3 is 4.90 Å². The predicted octanol–water partition coefficient (Wildman–Crippen LogP) is 2.32. The largest absolute Gasteiger partial charge is 0.338 e. The highest BCUT2D eigenvalue weighted by atomic mass is 32.2. The van der Waals surface area contributed by atoms with Crippen molar-refractivity contribution in [1.82, 2.24) is 9.80 Å². The number of hydrogen-bond acceptors (Lipinski definition) is 4. The molecule has 0 radical (unpaired) electrons. The molecule has 5 nitrogen and oxygen atoms in total. The van der Waals surface area contributed by atoms with Crippen LogP contribution in [-0.4, -0.2) is 61.3 Å². The van der Waals surface area contributed by atoms with Gasteiger partial charge in [0.1, 0.15) is 0 Å². The standard InChI is InChI=1S/C20H30N2O3S/c1-2-22(19-11-12-26(24,25)16-19)20(23)15-21(14-18-9-6-10-18)13-17-7-4-3-5-8-17/h3-5,7-8,18-19H,2,6,9-16H2,1H3. The molecule has 144 valence electrons. The first kappa shape index (κ1) is 19.4. The number of carbonyl (C=O) groups excluding carboxylic acids is 1. The second kappa shape index (κ2) is 8.53. The Bertz CT molecular complexity index is 701. The van der Waals surface area contributed by atoms with Gasteiger partial charge in [0, 0.05) is 25.7 Å². The summed E-state index contributed by atoms with van der Waals surface area (Å²) in [4.78, 5) is 17.0. The lowest BCUT2D eigenvalue weighted by molar-refractivity contribution is -0.134. The Hall–Kier alpha value is -1.40. The summed E-state index contributed by atoms with van der Waals surface area (Å²) in [6, 6.07) is 10.1. The van der Waals surface area contributed by atoms with E-state index in [0.29, 0.717) is 25.4 Å². The molecule has 3 rings (SSSR count). The molecule has 1 aliphatic heterocycles. The number of nitrogens with zero attached hydrogens (tertiary/aromatic N) is 2. The van der Waals surface area contributed by atoms with Gasteiger partial charge in [0.05, 0.1) is 18.1 Å². The number of amides is 1. The Labute approximate surface area is 157 Å². The zero-order valence-corrected chi connectivity index (χ0v) is 16.5. The molecule has 1 aromatic carbocycles. The average molecular weight is 379 g/mol. The minimum atomic E-state index is -2.98. The van der Waals surface area contributed by atoms with E-state index in [1.807, 2.05) is 25.1 Å². The van der Waals surface area contributed by atoms with Crippen LogP contribution in [0.1, 0.15) is 38.2 Å². The molecule has 0 bridgehead atoms. The van der Waals surface area contributed by atoms with Gasteiger partial charge in [-0.15, -0.1) is 0 Å². The predicted molar refractivity (Wildman–Crippen MR) is 104 cm³/mol. The molecule has 1 amide bonds. The monoisotopic (exact) mass is 378 g/mol. The molecule has 26 heavy (non-hydrogen) atoms. The van der Waals surface area contributed by atoms with Crippen LogP contribution in [0, 0.1) is 5.92 Å². The van der Waals surface area contributed by atoms with E-state index in [0.717, 1.165) is 13.1 Å². The third-order valence-electron chi connectivity index (χ3n) is 5.66. The molecule has 2 fully saturated rings. The van der Waals surface area contributed by atoms with E-state index < -0.39 is 9.84 Å². The number of benzene rings is 1. The van der Waals surface area contributed by atoms with Crippen LogP contribution < -0.4 is 0 Å². The minimum Gasteiger partial charge on any atom is -0.338 e. The minimum absolute atomic E-state index is 0.0601. The van der Waals surface area contributed by atoms with Crippen LogP contribution in [0.5, 0.6) is 0 Å². The van der Waals surface area contributed by atoms with Gasteiger partial charge in [0.2, 0.25) is 5.91 Å². The third kappa shape index (κ3) is 5.07. The van der Waals surface area contributed by atoms with Gasteiger partial charge >= 0.3 is 0 Å². The number of likely N-dealkylation sites (N-methyl/N-ethyl adjacent to an activating group) is 1. The summed E-state index contributed by atoms with van der Waals surface area (Å²) in [7, 11) is -2.98. The van der Waals surface area contributed by atoms with Gasteiger partial charge in [-0.2, -0.15) is 0 Å². The molecule has 2 aliphatic rings. The second-order valence-corrected chi connectivity index (χ2v) is 9.92. The van der Waals surface area contributed by atoms with Crippen molar-refractivity contribution in [2.24, 2.45) is 5.92 Å². The second-order valence-electron chi connectivity index (χ2n) is 7.69. The molecule has 1 aliphatic carbocycles. The highest BCUT2D eigenvalue weighted by Gasteiger charge is 2.34. The van der Waals surface area contributed by atoms with Crippen LogP contribution in [0.3, 0.4) is 0 Å². The average Bonchev–Trinajstić information content (AvgIpc) is 2.92. The van der Waals surface area contributed by atoms with Crippen molar-refractivity contribution < 1.29 is 13.2 Å². The molecule has 1 unspecified atom stereocenters. The number of hydrogen-bond donors (Lipinski definition) is 0. The fourth-order valence-corrected chi connectivity index (χ4v) is 5.74. The van der Waals surface area contributed by atoms with Gasteiger partial charge in [-0.3, -0.25) is 9.69 Å². The topological polar surface area (TPSA) is 57.7 Å². The van der Waals surface area contributed by atoms with Gasteiger partial charge in [-0.1, -0.05) is 36.8 Å². The Balaban J connectivity index is 1.64. The smallest absolute Gasteiger partial charge is 0.237 e. The summed E-state index contributed by atoms with van der Waals surface area (Å²) in [5.74, 6) is 1.07. The molecule has 1 atom stereocenters. The van der Waals surface area contributed by atoms with E-state index in [2.05, 4.69) is 17.0 Å². The zero-order valence-electron chi connectivity index (χ0n) is 15.6. The van der Waals surface area contributed by atoms with Crippen molar-refractivity contribution in [3.63, 3.8) is 0 Å². The quantitative estimate of drug-likeness (QED) is 0.697. The van der Waals surface area contributed by atoms with Crippen molar-refractivity contribution in [1.29, 1.82) is 0 Å². The van der Waals surface area contributed by atoms with Crippen LogP contribution in [0.15, 0.2) is 30.3 Å². The van der Waals surface area contributed by atoms with E-state index in [9.17, 15) is 13.2 Å². The molecule has 1 aromatic rings. The van der Waals surface area contributed by atoms with Crippen LogP contribution in [0.25, 0.3) is 0 Å². The fourth-order valence-electron chi connectivity index (χ4n) is 4.01. The first-order valence-electron chi connectivity index (χ1n) is 9.73. The zero-order chi connectivity index (χ0) is 18.6. The molecule has 1 saturated heterocycles. The Kier molecular flexibility index (Phi) is 6.35. The Morgan fingerprint density at radius 3 is 2.42 bits per heavy atom. The molecule has 0 N–H and O–H groups in total. The Morgan fingerprint density at radius 1 is 1.15 bits per heavy atom. The normalized spacial score (nSPS) is 22.3. The van der Waals surface area contributed by atoms with E-state index in [-0.39, 0.29) is 23.5 Å². The highest BCUT2D eigenvalue weighted by molar-refractivity contribution is 7.91. The van der Waals surface area contributed by atoms with Gasteiger partial charge in [-0.05, 0) is 37.7 Å². The van der Waals surface area contributed by atoms with Gasteiger partial charge in [-0.25, -0.2) is 8.42 Å². The summed E-state index contributed by atoms with van der Waals surface area (Å²) >= 11 is 0. The summed E-state index contributed by atoms with van der Waals surface area (Å²) in [6.07, 6.45) is 4.36. The molecular formula is C20H30N2O3S. The molecular weight excluding hydrogens is 348 g/mol. The third-order valence-corrected chi connectivity index (χ3v) is 7.41. The van der Waals surface area contributed by atoms with E-state index in [4.69, 9.17) is 0 Å². The first-order valence-corrected chi connectivity index (χ1v) is 11.5. The lowest BCUT2D eigenvalue weighted by Crippen LogP contribution is -2.47. The van der Waals surface area contributed by atoms with Gasteiger partial charge in [0.25, 0.3) is 0 Å². The van der Waals surface area contributed by atoms with Crippen molar-refractivity contribution in [3.05, 3.63) is 35.9 Å². The maximum absolute atomic E-state index is 13.0. The molecule has 0 spiro atoms. The van der Waals surface area contributed by atoms with Crippen LogP contribution in [0.4, 0.5) is 0 Å². The Morgan fingerprint density at radius 2 is 1.88 bits per heavy atom. The van der Waals surface area contributed by atoms with E-state index in [1.54, 1.807) is 4.90 Å². The molecule has 0 aromatic heterocycles. The lowest BCUT2D eigenvalue weighted by atomic mass is 9.85. The maximum atomic E-state index is 13.0. The highest BCUT2D eigenvalue weighted by Crippen LogP contribution is 2.28. The van der Waals surface area contributed by atoms with Gasteiger partial charge in [0.15, 0.2) is 9.84 Å². The van der Waals surface area contributed by atoms with Crippen LogP contribution in [-0.2, 0) is 21.2 Å². The van der Waals surface area contributed by atoms with Crippen molar-refractivity contribution in [2.75, 3.05) is 31.1 Å². The fraction of sp³-hybridized carbons (Fsp3) is 0.650. The first-order chi connectivity index (χ1) is 12.5. The van der Waals surface area contributed by atoms with Crippen molar-refractivity contribution >= 4 is 15.7 Å². The molecule has 1 saturated carbocycles. The summed E-state index contributed by atoms with van der Waals surface area (Å²) in [5, 5.41) is 0. The summed E-state index contributed by atoms with van der Waals surface area (Å²) in [6.45, 7) is 4.60. The summed E-state index contributed by atoms with van der Waals surface area (Å²) in [5.41, 5.74) is 1.21. The SMILES string of the molecule is CCN(C(=O)CN(Cc1ccccc1)CC1CCC1)C1CCS(=O)(=O)C1. The van der Waals surface area contributed by atoms with Crippen molar-refractivity contribution in [3.8, 4) is 0 Å².